The second-order valence-electron chi connectivity index (χ2n) is 3.74. The van der Waals surface area contributed by atoms with Crippen LogP contribution in [0, 0.1) is 0 Å². The highest BCUT2D eigenvalue weighted by Crippen LogP contribution is 2.28. The lowest BCUT2D eigenvalue weighted by atomic mass is 10.2. The van der Waals surface area contributed by atoms with Crippen molar-refractivity contribution in [1.29, 1.82) is 0 Å². The Morgan fingerprint density at radius 2 is 1.82 bits per heavy atom. The van der Waals surface area contributed by atoms with Crippen LogP contribution < -0.4 is 5.32 Å². The second-order valence-corrected chi connectivity index (χ2v) is 4.12. The number of imide groups is 1. The Morgan fingerprint density at radius 1 is 1.06 bits per heavy atom. The first-order valence-electron chi connectivity index (χ1n) is 5.00. The number of para-hydroxylation sites is 1. The molecule has 0 fully saturated rings. The van der Waals surface area contributed by atoms with E-state index in [4.69, 9.17) is 11.6 Å². The topological polar surface area (TPSA) is 62.0 Å². The number of H-pyrrole nitrogens is 1. The zero-order valence-corrected chi connectivity index (χ0v) is 9.34. The summed E-state index contributed by atoms with van der Waals surface area (Å²) in [7, 11) is 0. The van der Waals surface area contributed by atoms with Gasteiger partial charge >= 0.3 is 0 Å². The molecule has 0 atom stereocenters. The summed E-state index contributed by atoms with van der Waals surface area (Å²) in [5.41, 5.74) is 1.65. The molecule has 2 N–H and O–H groups in total. The van der Waals surface area contributed by atoms with E-state index in [1.807, 2.05) is 24.3 Å². The lowest BCUT2D eigenvalue weighted by molar-refractivity contribution is -0.123. The van der Waals surface area contributed by atoms with Gasteiger partial charge in [-0.3, -0.25) is 14.9 Å². The van der Waals surface area contributed by atoms with Crippen molar-refractivity contribution in [3.63, 3.8) is 0 Å². The number of amides is 2. The van der Waals surface area contributed by atoms with Crippen LogP contribution in [0.15, 0.2) is 35.4 Å². The van der Waals surface area contributed by atoms with Gasteiger partial charge in [0.25, 0.3) is 11.8 Å². The summed E-state index contributed by atoms with van der Waals surface area (Å²) in [6.45, 7) is 0. The fraction of sp³-hybridized carbons (Fsp3) is 0. The van der Waals surface area contributed by atoms with Crippen molar-refractivity contribution in [3.05, 3.63) is 41.1 Å². The summed E-state index contributed by atoms with van der Waals surface area (Å²) in [6.07, 6.45) is 0. The number of benzene rings is 1. The van der Waals surface area contributed by atoms with Crippen molar-refractivity contribution in [1.82, 2.24) is 10.3 Å². The van der Waals surface area contributed by atoms with Crippen molar-refractivity contribution >= 4 is 39.9 Å². The van der Waals surface area contributed by atoms with Crippen molar-refractivity contribution in [2.45, 2.75) is 0 Å². The maximum absolute atomic E-state index is 11.6. The van der Waals surface area contributed by atoms with Gasteiger partial charge in [-0.1, -0.05) is 29.8 Å². The maximum atomic E-state index is 11.6. The van der Waals surface area contributed by atoms with Gasteiger partial charge in [-0.15, -0.1) is 0 Å². The molecule has 0 aliphatic carbocycles. The molecule has 84 valence electrons. The molecule has 1 aromatic carbocycles. The van der Waals surface area contributed by atoms with Crippen molar-refractivity contribution in [2.24, 2.45) is 0 Å². The Morgan fingerprint density at radius 3 is 2.47 bits per heavy atom. The molecular formula is C12H7ClN2O2. The second kappa shape index (κ2) is 3.46. The Labute approximate surface area is 101 Å². The summed E-state index contributed by atoms with van der Waals surface area (Å²) in [5.74, 6) is -1.02. The molecule has 0 saturated heterocycles. The third-order valence-electron chi connectivity index (χ3n) is 2.67. The molecule has 0 bridgehead atoms. The van der Waals surface area contributed by atoms with Crippen LogP contribution in [-0.2, 0) is 9.59 Å². The summed E-state index contributed by atoms with van der Waals surface area (Å²) in [5, 5.41) is 3.05. The lowest BCUT2D eigenvalue weighted by Gasteiger charge is -1.94. The first-order chi connectivity index (χ1) is 8.16. The summed E-state index contributed by atoms with van der Waals surface area (Å²) >= 11 is 5.81. The van der Waals surface area contributed by atoms with Gasteiger partial charge in [-0.05, 0) is 12.1 Å². The normalized spacial score (nSPS) is 15.8. The number of carbonyl (C=O) groups excluding carboxylic acids is 2. The predicted molar refractivity (Wildman–Crippen MR) is 64.2 cm³/mol. The molecule has 0 unspecified atom stereocenters. The zero-order chi connectivity index (χ0) is 12.0. The van der Waals surface area contributed by atoms with E-state index in [-0.39, 0.29) is 10.6 Å². The van der Waals surface area contributed by atoms with E-state index in [1.54, 1.807) is 6.07 Å². The van der Waals surface area contributed by atoms with E-state index < -0.39 is 11.8 Å². The summed E-state index contributed by atoms with van der Waals surface area (Å²) in [4.78, 5) is 25.9. The number of rotatable bonds is 1. The average Bonchev–Trinajstić information content (AvgIpc) is 2.81. The van der Waals surface area contributed by atoms with E-state index in [0.29, 0.717) is 5.69 Å². The van der Waals surface area contributed by atoms with Gasteiger partial charge in [0.2, 0.25) is 0 Å². The molecule has 2 aromatic rings. The first kappa shape index (κ1) is 10.1. The minimum Gasteiger partial charge on any atom is -0.354 e. The third-order valence-corrected chi connectivity index (χ3v) is 3.03. The Balaban J connectivity index is 2.22. The molecular weight excluding hydrogens is 240 g/mol. The SMILES string of the molecule is O=C1NC(=O)C(c2cc3ccccc3[nH]2)=C1Cl. The largest absolute Gasteiger partial charge is 0.354 e. The van der Waals surface area contributed by atoms with Crippen LogP contribution in [0.3, 0.4) is 0 Å². The van der Waals surface area contributed by atoms with E-state index in [1.165, 1.54) is 0 Å². The number of carbonyl (C=O) groups is 2. The standard InChI is InChI=1S/C12H7ClN2O2/c13-10-9(11(16)15-12(10)17)8-5-6-3-1-2-4-7(6)14-8/h1-5,14H,(H,15,16,17). The maximum Gasteiger partial charge on any atom is 0.270 e. The fourth-order valence-electron chi connectivity index (χ4n) is 1.88. The Kier molecular flexibility index (Phi) is 2.06. The van der Waals surface area contributed by atoms with Crippen LogP contribution in [0.4, 0.5) is 0 Å². The van der Waals surface area contributed by atoms with Gasteiger partial charge in [0.05, 0.1) is 11.3 Å². The smallest absolute Gasteiger partial charge is 0.270 e. The number of aromatic nitrogens is 1. The van der Waals surface area contributed by atoms with Crippen LogP contribution in [-0.4, -0.2) is 16.8 Å². The van der Waals surface area contributed by atoms with Crippen molar-refractivity contribution < 1.29 is 9.59 Å². The Hall–Kier alpha value is -2.07. The molecule has 3 rings (SSSR count). The highest BCUT2D eigenvalue weighted by atomic mass is 35.5. The number of halogens is 1. The first-order valence-corrected chi connectivity index (χ1v) is 5.38. The van der Waals surface area contributed by atoms with E-state index in [9.17, 15) is 9.59 Å². The Bertz CT molecular complexity index is 652. The van der Waals surface area contributed by atoms with Crippen molar-refractivity contribution in [2.75, 3.05) is 0 Å². The van der Waals surface area contributed by atoms with Crippen LogP contribution in [0.5, 0.6) is 0 Å². The number of fused-ring (bicyclic) bond motifs is 1. The fourth-order valence-corrected chi connectivity index (χ4v) is 2.12. The molecule has 0 saturated carbocycles. The number of hydrogen-bond acceptors (Lipinski definition) is 2. The molecule has 0 spiro atoms. The average molecular weight is 247 g/mol. The quantitative estimate of drug-likeness (QED) is 0.754. The predicted octanol–water partition coefficient (Wildman–Crippen LogP) is 1.77. The number of aromatic amines is 1. The summed E-state index contributed by atoms with van der Waals surface area (Å²) < 4.78 is 0. The van der Waals surface area contributed by atoms with E-state index in [0.717, 1.165) is 10.9 Å². The van der Waals surface area contributed by atoms with Gasteiger partial charge in [0.15, 0.2) is 0 Å². The highest BCUT2D eigenvalue weighted by Gasteiger charge is 2.30. The van der Waals surface area contributed by atoms with Gasteiger partial charge in [-0.2, -0.15) is 0 Å². The zero-order valence-electron chi connectivity index (χ0n) is 8.58. The number of nitrogens with one attached hydrogen (secondary N) is 2. The molecule has 2 amide bonds. The van der Waals surface area contributed by atoms with Gasteiger partial charge in [0, 0.05) is 10.9 Å². The van der Waals surface area contributed by atoms with Gasteiger partial charge in [0.1, 0.15) is 5.03 Å². The van der Waals surface area contributed by atoms with Crippen LogP contribution >= 0.6 is 11.6 Å². The lowest BCUT2D eigenvalue weighted by Crippen LogP contribution is -2.22. The molecule has 0 radical (unpaired) electrons. The molecule has 2 heterocycles. The highest BCUT2D eigenvalue weighted by molar-refractivity contribution is 6.55. The van der Waals surface area contributed by atoms with Crippen molar-refractivity contribution in [3.8, 4) is 0 Å². The van der Waals surface area contributed by atoms with Gasteiger partial charge in [-0.25, -0.2) is 0 Å². The van der Waals surface area contributed by atoms with E-state index in [2.05, 4.69) is 10.3 Å². The molecule has 1 aliphatic rings. The van der Waals surface area contributed by atoms with Crippen LogP contribution in [0.2, 0.25) is 0 Å². The molecule has 4 nitrogen and oxygen atoms in total. The molecule has 1 aromatic heterocycles. The number of hydrogen-bond donors (Lipinski definition) is 2. The third kappa shape index (κ3) is 1.45. The minimum atomic E-state index is -0.551. The van der Waals surface area contributed by atoms with Crippen LogP contribution in [0.25, 0.3) is 16.5 Å². The van der Waals surface area contributed by atoms with Crippen LogP contribution in [0.1, 0.15) is 5.69 Å². The minimum absolute atomic E-state index is 0.0680. The molecule has 1 aliphatic heterocycles. The molecule has 5 heteroatoms. The molecule has 17 heavy (non-hydrogen) atoms. The monoisotopic (exact) mass is 246 g/mol. The van der Waals surface area contributed by atoms with E-state index >= 15 is 0 Å². The summed E-state index contributed by atoms with van der Waals surface area (Å²) in [6, 6.07) is 9.39. The van der Waals surface area contributed by atoms with Gasteiger partial charge < -0.3 is 4.98 Å².